The standard InChI is InChI=1S/C20H24F2N4O/c21-16-2-3-18(22)15(12-16)14-26-9-5-20(6-10-26)13-17(4-11-27-20)25-19-23-7-1-8-24-19/h1-3,7-8,12,17H,4-6,9-11,13-14H2,(H,23,24,25). The summed E-state index contributed by atoms with van der Waals surface area (Å²) in [5.74, 6) is -0.0937. The van der Waals surface area contributed by atoms with Crippen LogP contribution in [-0.4, -0.2) is 46.2 Å². The van der Waals surface area contributed by atoms with Gasteiger partial charge in [-0.3, -0.25) is 4.90 Å². The lowest BCUT2D eigenvalue weighted by Crippen LogP contribution is -2.51. The third-order valence-electron chi connectivity index (χ3n) is 5.56. The van der Waals surface area contributed by atoms with E-state index in [0.29, 0.717) is 24.7 Å². The van der Waals surface area contributed by atoms with Crippen LogP contribution in [0.2, 0.25) is 0 Å². The zero-order valence-electron chi connectivity index (χ0n) is 15.2. The summed E-state index contributed by atoms with van der Waals surface area (Å²) in [4.78, 5) is 10.7. The van der Waals surface area contributed by atoms with Crippen LogP contribution in [0.1, 0.15) is 31.2 Å². The van der Waals surface area contributed by atoms with E-state index in [1.54, 1.807) is 18.5 Å². The lowest BCUT2D eigenvalue weighted by Gasteiger charge is -2.46. The maximum absolute atomic E-state index is 13.9. The minimum absolute atomic E-state index is 0.151. The Morgan fingerprint density at radius 3 is 2.74 bits per heavy atom. The van der Waals surface area contributed by atoms with Crippen LogP contribution in [0.15, 0.2) is 36.7 Å². The van der Waals surface area contributed by atoms with Crippen LogP contribution in [0.5, 0.6) is 0 Å². The van der Waals surface area contributed by atoms with Gasteiger partial charge in [0, 0.05) is 50.2 Å². The zero-order chi connectivity index (χ0) is 18.7. The second-order valence-electron chi connectivity index (χ2n) is 7.45. The molecule has 2 aromatic rings. The van der Waals surface area contributed by atoms with Gasteiger partial charge in [0.1, 0.15) is 11.6 Å². The number of hydrogen-bond acceptors (Lipinski definition) is 5. The van der Waals surface area contributed by atoms with Crippen LogP contribution in [-0.2, 0) is 11.3 Å². The Hall–Kier alpha value is -2.12. The molecule has 1 aromatic carbocycles. The van der Waals surface area contributed by atoms with Gasteiger partial charge in [-0.2, -0.15) is 0 Å². The van der Waals surface area contributed by atoms with Crippen molar-refractivity contribution in [2.24, 2.45) is 0 Å². The number of nitrogens with one attached hydrogen (secondary N) is 1. The lowest BCUT2D eigenvalue weighted by molar-refractivity contribution is -0.115. The van der Waals surface area contributed by atoms with Crippen molar-refractivity contribution in [3.05, 3.63) is 53.9 Å². The average molecular weight is 374 g/mol. The van der Waals surface area contributed by atoms with E-state index in [9.17, 15) is 8.78 Å². The molecule has 3 heterocycles. The van der Waals surface area contributed by atoms with Crippen LogP contribution in [0.4, 0.5) is 14.7 Å². The monoisotopic (exact) mass is 374 g/mol. The van der Waals surface area contributed by atoms with Crippen molar-refractivity contribution in [2.45, 2.75) is 43.9 Å². The Balaban J connectivity index is 1.34. The fraction of sp³-hybridized carbons (Fsp3) is 0.500. The van der Waals surface area contributed by atoms with E-state index in [4.69, 9.17) is 4.74 Å². The van der Waals surface area contributed by atoms with E-state index in [2.05, 4.69) is 20.2 Å². The highest BCUT2D eigenvalue weighted by atomic mass is 19.1. The zero-order valence-corrected chi connectivity index (χ0v) is 15.2. The summed E-state index contributed by atoms with van der Waals surface area (Å²) >= 11 is 0. The van der Waals surface area contributed by atoms with E-state index in [1.807, 2.05) is 0 Å². The van der Waals surface area contributed by atoms with E-state index < -0.39 is 5.82 Å². The maximum Gasteiger partial charge on any atom is 0.222 e. The van der Waals surface area contributed by atoms with Crippen LogP contribution < -0.4 is 5.32 Å². The van der Waals surface area contributed by atoms with E-state index >= 15 is 0 Å². The van der Waals surface area contributed by atoms with Crippen LogP contribution in [0, 0.1) is 11.6 Å². The molecule has 4 rings (SSSR count). The number of anilines is 1. The largest absolute Gasteiger partial charge is 0.375 e. The average Bonchev–Trinajstić information content (AvgIpc) is 2.68. The van der Waals surface area contributed by atoms with Crippen LogP contribution in [0.25, 0.3) is 0 Å². The minimum atomic E-state index is -0.396. The third kappa shape index (κ3) is 4.42. The van der Waals surface area contributed by atoms with Crippen molar-refractivity contribution in [1.82, 2.24) is 14.9 Å². The molecule has 7 heteroatoms. The molecule has 0 radical (unpaired) electrons. The summed E-state index contributed by atoms with van der Waals surface area (Å²) in [6.45, 7) is 2.76. The van der Waals surface area contributed by atoms with E-state index in [0.717, 1.165) is 44.8 Å². The number of ether oxygens (including phenoxy) is 1. The van der Waals surface area contributed by atoms with Gasteiger partial charge in [-0.15, -0.1) is 0 Å². The van der Waals surface area contributed by atoms with E-state index in [-0.39, 0.29) is 17.5 Å². The van der Waals surface area contributed by atoms with Gasteiger partial charge in [0.15, 0.2) is 0 Å². The first-order chi connectivity index (χ1) is 13.1. The van der Waals surface area contributed by atoms with Gasteiger partial charge < -0.3 is 10.1 Å². The summed E-state index contributed by atoms with van der Waals surface area (Å²) < 4.78 is 33.5. The highest BCUT2D eigenvalue weighted by Crippen LogP contribution is 2.36. The van der Waals surface area contributed by atoms with Crippen molar-refractivity contribution in [3.8, 4) is 0 Å². The highest BCUT2D eigenvalue weighted by Gasteiger charge is 2.40. The van der Waals surface area contributed by atoms with Crippen LogP contribution >= 0.6 is 0 Å². The second-order valence-corrected chi connectivity index (χ2v) is 7.45. The molecule has 2 fully saturated rings. The van der Waals surface area contributed by atoms with Gasteiger partial charge >= 0.3 is 0 Å². The topological polar surface area (TPSA) is 50.3 Å². The molecule has 0 bridgehead atoms. The highest BCUT2D eigenvalue weighted by molar-refractivity contribution is 5.25. The molecular weight excluding hydrogens is 350 g/mol. The number of piperidine rings is 1. The maximum atomic E-state index is 13.9. The summed E-state index contributed by atoms with van der Waals surface area (Å²) in [6.07, 6.45) is 7.07. The molecule has 5 nitrogen and oxygen atoms in total. The number of rotatable bonds is 4. The molecule has 144 valence electrons. The van der Waals surface area contributed by atoms with Gasteiger partial charge in [0.2, 0.25) is 5.95 Å². The first kappa shape index (κ1) is 18.3. The normalized spacial score (nSPS) is 22.7. The molecule has 1 unspecified atom stereocenters. The molecule has 1 N–H and O–H groups in total. The van der Waals surface area contributed by atoms with Gasteiger partial charge in [-0.25, -0.2) is 18.7 Å². The molecule has 2 aliphatic rings. The van der Waals surface area contributed by atoms with Crippen LogP contribution in [0.3, 0.4) is 0 Å². The third-order valence-corrected chi connectivity index (χ3v) is 5.56. The van der Waals surface area contributed by atoms with Crippen molar-refractivity contribution in [2.75, 3.05) is 25.0 Å². The van der Waals surface area contributed by atoms with Crippen molar-refractivity contribution >= 4 is 5.95 Å². The molecule has 0 aliphatic carbocycles. The number of nitrogens with zero attached hydrogens (tertiary/aromatic N) is 3. The first-order valence-electron chi connectivity index (χ1n) is 9.46. The number of hydrogen-bond donors (Lipinski definition) is 1. The Morgan fingerprint density at radius 2 is 1.96 bits per heavy atom. The molecule has 1 aromatic heterocycles. The molecule has 0 saturated carbocycles. The van der Waals surface area contributed by atoms with Crippen molar-refractivity contribution < 1.29 is 13.5 Å². The smallest absolute Gasteiger partial charge is 0.222 e. The summed E-state index contributed by atoms with van der Waals surface area (Å²) in [5, 5.41) is 3.41. The molecule has 2 saturated heterocycles. The summed E-state index contributed by atoms with van der Waals surface area (Å²) in [6, 6.07) is 5.73. The van der Waals surface area contributed by atoms with Gasteiger partial charge in [-0.05, 0) is 49.9 Å². The second kappa shape index (κ2) is 7.86. The molecular formula is C20H24F2N4O. The Bertz CT molecular complexity index is 766. The quantitative estimate of drug-likeness (QED) is 0.889. The number of halogens is 2. The molecule has 1 spiro atoms. The summed E-state index contributed by atoms with van der Waals surface area (Å²) in [7, 11) is 0. The van der Waals surface area contributed by atoms with Crippen molar-refractivity contribution in [1.29, 1.82) is 0 Å². The molecule has 2 aliphatic heterocycles. The Labute approximate surface area is 157 Å². The first-order valence-corrected chi connectivity index (χ1v) is 9.46. The van der Waals surface area contributed by atoms with E-state index in [1.165, 1.54) is 12.1 Å². The minimum Gasteiger partial charge on any atom is -0.375 e. The van der Waals surface area contributed by atoms with Gasteiger partial charge in [0.25, 0.3) is 0 Å². The van der Waals surface area contributed by atoms with Gasteiger partial charge in [-0.1, -0.05) is 0 Å². The SMILES string of the molecule is Fc1ccc(F)c(CN2CCC3(CC2)CC(Nc2ncccn2)CCO3)c1. The predicted octanol–water partition coefficient (Wildman–Crippen LogP) is 3.38. The number of likely N-dealkylation sites (tertiary alicyclic amines) is 1. The Kier molecular flexibility index (Phi) is 5.31. The van der Waals surface area contributed by atoms with Gasteiger partial charge in [0.05, 0.1) is 5.60 Å². The number of aromatic nitrogens is 2. The fourth-order valence-corrected chi connectivity index (χ4v) is 4.08. The molecule has 27 heavy (non-hydrogen) atoms. The predicted molar refractivity (Wildman–Crippen MR) is 98.2 cm³/mol. The van der Waals surface area contributed by atoms with Crippen molar-refractivity contribution in [3.63, 3.8) is 0 Å². The lowest BCUT2D eigenvalue weighted by atomic mass is 9.82. The fourth-order valence-electron chi connectivity index (χ4n) is 4.08. The Morgan fingerprint density at radius 1 is 1.19 bits per heavy atom. The number of benzene rings is 1. The molecule has 0 amide bonds. The summed E-state index contributed by atoms with van der Waals surface area (Å²) in [5.41, 5.74) is 0.262. The molecule has 1 atom stereocenters.